The highest BCUT2D eigenvalue weighted by atomic mass is 35.5. The highest BCUT2D eigenvalue weighted by molar-refractivity contribution is 6.24. The average molecular weight is 656 g/mol. The Morgan fingerprint density at radius 1 is 1.13 bits per heavy atom. The molecule has 9 unspecified atom stereocenters. The van der Waals surface area contributed by atoms with Crippen molar-refractivity contribution in [2.24, 2.45) is 17.8 Å². The number of hydrogen-bond acceptors (Lipinski definition) is 11. The van der Waals surface area contributed by atoms with Gasteiger partial charge in [0.25, 0.3) is 5.79 Å². The molecule has 2 heterocycles. The third-order valence-electron chi connectivity index (χ3n) is 10.7. The lowest BCUT2D eigenvalue weighted by molar-refractivity contribution is -0.645. The second kappa shape index (κ2) is 11.6. The van der Waals surface area contributed by atoms with E-state index in [-0.39, 0.29) is 22.5 Å². The lowest BCUT2D eigenvalue weighted by Crippen LogP contribution is -2.78. The Balaban J connectivity index is 1.37. The van der Waals surface area contributed by atoms with E-state index in [0.29, 0.717) is 23.5 Å². The lowest BCUT2D eigenvalue weighted by atomic mass is 9.46. The molecule has 0 aromatic heterocycles. The fourth-order valence-electron chi connectivity index (χ4n) is 8.90. The van der Waals surface area contributed by atoms with Crippen LogP contribution in [0.4, 0.5) is 0 Å². The largest absolute Gasteiger partial charge is 0.476 e. The number of carbonyl (C=O) groups excluding carboxylic acids is 1. The topological polar surface area (TPSA) is 193 Å². The average Bonchev–Trinajstić information content (AvgIpc) is 2.96. The van der Waals surface area contributed by atoms with Crippen molar-refractivity contribution in [3.05, 3.63) is 29.3 Å². The van der Waals surface area contributed by atoms with Crippen LogP contribution < -0.4 is 10.1 Å². The molecule has 6 fully saturated rings. The number of nitrogens with one attached hydrogen (secondary N) is 1. The minimum Gasteiger partial charge on any atom is -0.476 e. The summed E-state index contributed by atoms with van der Waals surface area (Å²) in [5, 5.41) is 54.5. The molecule has 2 saturated heterocycles. The first kappa shape index (κ1) is 32.9. The third-order valence-corrected chi connectivity index (χ3v) is 11.2. The van der Waals surface area contributed by atoms with Crippen molar-refractivity contribution < 1.29 is 59.1 Å². The number of hydrogen-bond donors (Lipinski definition) is 6. The SMILES string of the molecule is CCc1ccc(C2(OC)OOC23C2CC4CC3CC(Cl)(C4)C2)cc1OC1(C(=O)O)CC(O)C(NC(C)=O)C(C(O)C(O)CO)O1. The molecule has 1 amide bonds. The van der Waals surface area contributed by atoms with Crippen molar-refractivity contribution in [1.82, 2.24) is 5.32 Å². The van der Waals surface area contributed by atoms with Gasteiger partial charge < -0.3 is 45.1 Å². The third kappa shape index (κ3) is 4.97. The number of ether oxygens (including phenoxy) is 3. The molecule has 250 valence electrons. The molecule has 6 aliphatic rings. The second-order valence-electron chi connectivity index (χ2n) is 13.4. The molecule has 1 aromatic carbocycles. The van der Waals surface area contributed by atoms with Gasteiger partial charge in [-0.2, -0.15) is 4.89 Å². The molecule has 4 saturated carbocycles. The summed E-state index contributed by atoms with van der Waals surface area (Å²) in [7, 11) is 1.54. The van der Waals surface area contributed by atoms with Gasteiger partial charge in [0.05, 0.1) is 25.2 Å². The molecule has 4 bridgehead atoms. The van der Waals surface area contributed by atoms with Crippen LogP contribution in [-0.4, -0.2) is 97.8 Å². The van der Waals surface area contributed by atoms with Crippen LogP contribution in [0, 0.1) is 17.8 Å². The van der Waals surface area contributed by atoms with Crippen LogP contribution in [0.25, 0.3) is 0 Å². The van der Waals surface area contributed by atoms with Crippen LogP contribution in [-0.2, 0) is 41.0 Å². The monoisotopic (exact) mass is 655 g/mol. The molecule has 14 heteroatoms. The van der Waals surface area contributed by atoms with Gasteiger partial charge in [-0.1, -0.05) is 19.1 Å². The van der Waals surface area contributed by atoms with Crippen LogP contribution in [0.2, 0.25) is 0 Å². The molecule has 4 aliphatic carbocycles. The van der Waals surface area contributed by atoms with Crippen molar-refractivity contribution >= 4 is 23.5 Å². The fraction of sp³-hybridized carbons (Fsp3) is 0.742. The van der Waals surface area contributed by atoms with Crippen molar-refractivity contribution in [3.63, 3.8) is 0 Å². The number of aliphatic carboxylic acids is 1. The number of methoxy groups -OCH3 is 1. The Bertz CT molecular complexity index is 1310. The number of alkyl halides is 1. The molecule has 9 atom stereocenters. The maximum Gasteiger partial charge on any atom is 0.377 e. The summed E-state index contributed by atoms with van der Waals surface area (Å²) in [6, 6.07) is 3.92. The van der Waals surface area contributed by atoms with Crippen molar-refractivity contribution in [1.29, 1.82) is 0 Å². The van der Waals surface area contributed by atoms with Gasteiger partial charge >= 0.3 is 11.8 Å². The van der Waals surface area contributed by atoms with Gasteiger partial charge in [0.2, 0.25) is 5.91 Å². The van der Waals surface area contributed by atoms with Crippen LogP contribution in [0.3, 0.4) is 0 Å². The number of rotatable bonds is 10. The molecule has 1 aromatic rings. The van der Waals surface area contributed by atoms with E-state index in [2.05, 4.69) is 5.32 Å². The minimum atomic E-state index is -2.56. The fourth-order valence-corrected chi connectivity index (χ4v) is 9.49. The molecular formula is C31H42ClNO12. The number of halogens is 1. The molecule has 13 nitrogen and oxygen atoms in total. The van der Waals surface area contributed by atoms with Gasteiger partial charge in [-0.25, -0.2) is 9.68 Å². The van der Waals surface area contributed by atoms with Crippen molar-refractivity contribution in [3.8, 4) is 5.75 Å². The summed E-state index contributed by atoms with van der Waals surface area (Å²) in [5.41, 5.74) is 0.352. The maximum absolute atomic E-state index is 12.9. The second-order valence-corrected chi connectivity index (χ2v) is 14.2. The highest BCUT2D eigenvalue weighted by Gasteiger charge is 2.78. The molecule has 45 heavy (non-hydrogen) atoms. The summed E-state index contributed by atoms with van der Waals surface area (Å²) in [4.78, 5) is 36.5. The first-order valence-electron chi connectivity index (χ1n) is 15.5. The lowest BCUT2D eigenvalue weighted by Gasteiger charge is -2.70. The summed E-state index contributed by atoms with van der Waals surface area (Å²) in [5.74, 6) is -5.30. The van der Waals surface area contributed by atoms with Gasteiger partial charge in [-0.05, 0) is 67.9 Å². The molecule has 2 aliphatic heterocycles. The Morgan fingerprint density at radius 3 is 2.33 bits per heavy atom. The van der Waals surface area contributed by atoms with Crippen LogP contribution >= 0.6 is 11.6 Å². The zero-order chi connectivity index (χ0) is 32.5. The van der Waals surface area contributed by atoms with Gasteiger partial charge in [-0.3, -0.25) is 4.79 Å². The Morgan fingerprint density at radius 2 is 1.82 bits per heavy atom. The van der Waals surface area contributed by atoms with Crippen LogP contribution in [0.5, 0.6) is 5.75 Å². The molecule has 0 radical (unpaired) electrons. The van der Waals surface area contributed by atoms with Gasteiger partial charge in [-0.15, -0.1) is 11.6 Å². The van der Waals surface area contributed by atoms with Gasteiger partial charge in [0.15, 0.2) is 5.60 Å². The van der Waals surface area contributed by atoms with Crippen molar-refractivity contribution in [2.45, 2.75) is 111 Å². The molecule has 6 N–H and O–H groups in total. The number of carboxylic acid groups (broad SMARTS) is 1. The number of benzene rings is 1. The number of aliphatic hydroxyl groups excluding tert-OH is 4. The summed E-state index contributed by atoms with van der Waals surface area (Å²) in [6.45, 7) is 2.15. The van der Waals surface area contributed by atoms with E-state index in [4.69, 9.17) is 35.6 Å². The van der Waals surface area contributed by atoms with Gasteiger partial charge in [0.1, 0.15) is 24.1 Å². The minimum absolute atomic E-state index is 0.0817. The normalized spacial score (nSPS) is 43.0. The quantitative estimate of drug-likeness (QED) is 0.156. The number of aliphatic hydroxyl groups is 4. The zero-order valence-corrected chi connectivity index (χ0v) is 26.2. The summed E-state index contributed by atoms with van der Waals surface area (Å²) in [6.07, 6.45) is -2.73. The van der Waals surface area contributed by atoms with Crippen molar-refractivity contribution in [2.75, 3.05) is 13.7 Å². The van der Waals surface area contributed by atoms with E-state index in [1.54, 1.807) is 19.2 Å². The molecular weight excluding hydrogens is 614 g/mol. The number of carbonyl (C=O) groups is 2. The maximum atomic E-state index is 12.9. The summed E-state index contributed by atoms with van der Waals surface area (Å²) >= 11 is 7.03. The smallest absolute Gasteiger partial charge is 0.377 e. The Labute approximate surface area is 265 Å². The standard InChI is InChI=1S/C31H42ClNO12/c1-4-17-5-6-18(31(41-3)30(44-45-31)19-7-16-8-20(30)12-28(32,10-16)11-19)9-23(17)42-29(27(39)40)13-21(36)24(33-15(2)35)26(43-29)25(38)22(37)14-34/h5-6,9,16,19-22,24-26,34,36-38H,4,7-8,10-14H2,1-3H3,(H,33,35)(H,39,40). The Hall–Kier alpha value is -2.07. The predicted octanol–water partition coefficient (Wildman–Crippen LogP) is 1.09. The van der Waals surface area contributed by atoms with Gasteiger partial charge in [0, 0.05) is 24.5 Å². The van der Waals surface area contributed by atoms with E-state index in [1.165, 1.54) is 6.92 Å². The van der Waals surface area contributed by atoms with E-state index in [1.807, 2.05) is 13.0 Å². The highest BCUT2D eigenvalue weighted by Crippen LogP contribution is 2.71. The van der Waals surface area contributed by atoms with Crippen LogP contribution in [0.1, 0.15) is 63.5 Å². The number of aryl methyl sites for hydroxylation is 1. The van der Waals surface area contributed by atoms with E-state index in [9.17, 15) is 35.1 Å². The van der Waals surface area contributed by atoms with Crippen LogP contribution in [0.15, 0.2) is 18.2 Å². The number of carboxylic acids is 1. The summed E-state index contributed by atoms with van der Waals surface area (Å²) < 4.78 is 18.2. The zero-order valence-electron chi connectivity index (χ0n) is 25.5. The first-order chi connectivity index (χ1) is 21.3. The predicted molar refractivity (Wildman–Crippen MR) is 155 cm³/mol. The molecule has 1 spiro atoms. The van der Waals surface area contributed by atoms with E-state index in [0.717, 1.165) is 32.1 Å². The Kier molecular flexibility index (Phi) is 8.44. The van der Waals surface area contributed by atoms with E-state index >= 15 is 0 Å². The van der Waals surface area contributed by atoms with E-state index < -0.39 is 72.5 Å². The number of amides is 1. The first-order valence-corrected chi connectivity index (χ1v) is 15.9. The molecule has 7 rings (SSSR count).